The number of hydrogen-bond acceptors (Lipinski definition) is 3. The van der Waals surface area contributed by atoms with E-state index in [0.717, 1.165) is 36.3 Å². The SMILES string of the molecule is COC(=O)N1c2ccc3c(nc(Cc4ccccc4)n3C3CCCCC3)c2CC[C@@H]1C. The standard InChI is InChI=1S/C26H31N3O2/c1-18-13-14-21-22(28(18)26(30)31-2)15-16-23-25(21)27-24(17-19-9-5-3-6-10-19)29(23)20-11-7-4-8-12-20/h3,5-6,9-10,15-16,18,20H,4,7-8,11-14,17H2,1-2H3/t18-/m0/s1. The number of hydrogen-bond donors (Lipinski definition) is 0. The summed E-state index contributed by atoms with van der Waals surface area (Å²) in [5, 5.41) is 0. The van der Waals surface area contributed by atoms with Crippen molar-refractivity contribution in [2.24, 2.45) is 0 Å². The molecule has 1 fully saturated rings. The minimum absolute atomic E-state index is 0.126. The first-order chi connectivity index (χ1) is 15.2. The molecule has 0 spiro atoms. The van der Waals surface area contributed by atoms with Crippen molar-refractivity contribution in [2.75, 3.05) is 12.0 Å². The third-order valence-corrected chi connectivity index (χ3v) is 7.04. The lowest BCUT2D eigenvalue weighted by atomic mass is 9.94. The Labute approximate surface area is 184 Å². The summed E-state index contributed by atoms with van der Waals surface area (Å²) in [4.78, 5) is 19.5. The average Bonchev–Trinajstić information content (AvgIpc) is 3.17. The number of aryl methyl sites for hydroxylation is 1. The normalized spacial score (nSPS) is 19.4. The molecule has 0 radical (unpaired) electrons. The summed E-state index contributed by atoms with van der Waals surface area (Å²) in [6, 6.07) is 15.5. The fourth-order valence-electron chi connectivity index (χ4n) is 5.47. The Kier molecular flexibility index (Phi) is 5.43. The van der Waals surface area contributed by atoms with Gasteiger partial charge in [0, 0.05) is 24.1 Å². The van der Waals surface area contributed by atoms with Crippen LogP contribution in [0.15, 0.2) is 42.5 Å². The highest BCUT2D eigenvalue weighted by Gasteiger charge is 2.32. The number of fused-ring (bicyclic) bond motifs is 3. The van der Waals surface area contributed by atoms with Crippen molar-refractivity contribution in [3.8, 4) is 0 Å². The van der Waals surface area contributed by atoms with E-state index >= 15 is 0 Å². The van der Waals surface area contributed by atoms with Gasteiger partial charge < -0.3 is 9.30 Å². The molecule has 5 nitrogen and oxygen atoms in total. The van der Waals surface area contributed by atoms with E-state index in [1.54, 1.807) is 4.90 Å². The largest absolute Gasteiger partial charge is 0.452 e. The van der Waals surface area contributed by atoms with E-state index in [1.165, 1.54) is 55.9 Å². The first-order valence-corrected chi connectivity index (χ1v) is 11.6. The van der Waals surface area contributed by atoms with Crippen LogP contribution in [0, 0.1) is 0 Å². The number of imidazole rings is 1. The van der Waals surface area contributed by atoms with E-state index in [4.69, 9.17) is 9.72 Å². The highest BCUT2D eigenvalue weighted by molar-refractivity contribution is 5.95. The fraction of sp³-hybridized carbons (Fsp3) is 0.462. The number of anilines is 1. The van der Waals surface area contributed by atoms with Crippen molar-refractivity contribution in [3.63, 3.8) is 0 Å². The van der Waals surface area contributed by atoms with Crippen molar-refractivity contribution >= 4 is 22.8 Å². The monoisotopic (exact) mass is 417 g/mol. The smallest absolute Gasteiger partial charge is 0.414 e. The maximum Gasteiger partial charge on any atom is 0.414 e. The maximum absolute atomic E-state index is 12.5. The van der Waals surface area contributed by atoms with E-state index in [1.807, 2.05) is 0 Å². The number of methoxy groups -OCH3 is 1. The maximum atomic E-state index is 12.5. The number of carbonyl (C=O) groups excluding carboxylic acids is 1. The lowest BCUT2D eigenvalue weighted by Gasteiger charge is -2.34. The molecule has 1 amide bonds. The van der Waals surface area contributed by atoms with E-state index < -0.39 is 0 Å². The molecule has 3 aromatic rings. The van der Waals surface area contributed by atoms with Gasteiger partial charge in [-0.15, -0.1) is 0 Å². The van der Waals surface area contributed by atoms with Gasteiger partial charge in [-0.25, -0.2) is 9.78 Å². The number of ether oxygens (including phenoxy) is 1. The van der Waals surface area contributed by atoms with Crippen molar-refractivity contribution < 1.29 is 9.53 Å². The molecule has 5 rings (SSSR count). The van der Waals surface area contributed by atoms with Crippen LogP contribution in [-0.4, -0.2) is 28.8 Å². The molecule has 1 atom stereocenters. The summed E-state index contributed by atoms with van der Waals surface area (Å²) in [5.74, 6) is 1.14. The number of rotatable bonds is 3. The summed E-state index contributed by atoms with van der Waals surface area (Å²) in [6.07, 6.45) is 8.74. The molecule has 0 N–H and O–H groups in total. The van der Waals surface area contributed by atoms with E-state index in [2.05, 4.69) is 54.0 Å². The number of carbonyl (C=O) groups is 1. The molecule has 5 heteroatoms. The van der Waals surface area contributed by atoms with Gasteiger partial charge >= 0.3 is 6.09 Å². The summed E-state index contributed by atoms with van der Waals surface area (Å²) >= 11 is 0. The van der Waals surface area contributed by atoms with Gasteiger partial charge in [-0.05, 0) is 50.3 Å². The van der Waals surface area contributed by atoms with Crippen LogP contribution >= 0.6 is 0 Å². The molecule has 0 unspecified atom stereocenters. The molecule has 1 saturated carbocycles. The molecular weight excluding hydrogens is 386 g/mol. The van der Waals surface area contributed by atoms with Gasteiger partial charge in [0.2, 0.25) is 0 Å². The first-order valence-electron chi connectivity index (χ1n) is 11.6. The third-order valence-electron chi connectivity index (χ3n) is 7.04. The van der Waals surface area contributed by atoms with Crippen LogP contribution in [0.3, 0.4) is 0 Å². The van der Waals surface area contributed by atoms with Gasteiger partial charge in [-0.1, -0.05) is 49.6 Å². The predicted octanol–water partition coefficient (Wildman–Crippen LogP) is 6.04. The van der Waals surface area contributed by atoms with Crippen LogP contribution in [0.2, 0.25) is 0 Å². The Bertz CT molecular complexity index is 1080. The number of amides is 1. The highest BCUT2D eigenvalue weighted by Crippen LogP contribution is 2.39. The highest BCUT2D eigenvalue weighted by atomic mass is 16.5. The van der Waals surface area contributed by atoms with Crippen LogP contribution in [0.4, 0.5) is 10.5 Å². The van der Waals surface area contributed by atoms with Crippen molar-refractivity contribution in [1.82, 2.24) is 9.55 Å². The second-order valence-corrected chi connectivity index (χ2v) is 9.01. The van der Waals surface area contributed by atoms with Gasteiger partial charge in [-0.2, -0.15) is 0 Å². The minimum Gasteiger partial charge on any atom is -0.452 e. The molecule has 31 heavy (non-hydrogen) atoms. The quantitative estimate of drug-likeness (QED) is 0.522. The zero-order valence-corrected chi connectivity index (χ0v) is 18.5. The molecular formula is C26H31N3O2. The summed E-state index contributed by atoms with van der Waals surface area (Å²) < 4.78 is 7.61. The molecule has 0 saturated heterocycles. The summed E-state index contributed by atoms with van der Waals surface area (Å²) in [6.45, 7) is 2.09. The van der Waals surface area contributed by atoms with Crippen molar-refractivity contribution in [1.29, 1.82) is 0 Å². The molecule has 1 aliphatic heterocycles. The molecule has 2 aromatic carbocycles. The van der Waals surface area contributed by atoms with Gasteiger partial charge in [-0.3, -0.25) is 4.90 Å². The topological polar surface area (TPSA) is 47.4 Å². The Morgan fingerprint density at radius 3 is 2.58 bits per heavy atom. The summed E-state index contributed by atoms with van der Waals surface area (Å²) in [5.41, 5.74) is 5.71. The average molecular weight is 418 g/mol. The zero-order valence-electron chi connectivity index (χ0n) is 18.5. The number of aromatic nitrogens is 2. The molecule has 2 heterocycles. The van der Waals surface area contributed by atoms with Crippen LogP contribution < -0.4 is 4.90 Å². The van der Waals surface area contributed by atoms with Gasteiger partial charge in [0.1, 0.15) is 5.82 Å². The predicted molar refractivity (Wildman–Crippen MR) is 124 cm³/mol. The van der Waals surface area contributed by atoms with Crippen LogP contribution in [0.1, 0.15) is 68.4 Å². The third kappa shape index (κ3) is 3.60. The van der Waals surface area contributed by atoms with Gasteiger partial charge in [0.25, 0.3) is 0 Å². The van der Waals surface area contributed by atoms with E-state index in [9.17, 15) is 4.79 Å². The number of benzene rings is 2. The molecule has 2 aliphatic rings. The Morgan fingerprint density at radius 2 is 1.84 bits per heavy atom. The molecule has 0 bridgehead atoms. The van der Waals surface area contributed by atoms with Gasteiger partial charge in [0.15, 0.2) is 0 Å². The van der Waals surface area contributed by atoms with E-state index in [0.29, 0.717) is 6.04 Å². The van der Waals surface area contributed by atoms with Crippen molar-refractivity contribution in [3.05, 3.63) is 59.4 Å². The Morgan fingerprint density at radius 1 is 1.06 bits per heavy atom. The lowest BCUT2D eigenvalue weighted by Crippen LogP contribution is -2.42. The second kappa shape index (κ2) is 8.37. The summed E-state index contributed by atoms with van der Waals surface area (Å²) in [7, 11) is 1.46. The van der Waals surface area contributed by atoms with Crippen LogP contribution in [0.5, 0.6) is 0 Å². The first kappa shape index (κ1) is 20.1. The second-order valence-electron chi connectivity index (χ2n) is 9.01. The van der Waals surface area contributed by atoms with Crippen LogP contribution in [0.25, 0.3) is 11.0 Å². The fourth-order valence-corrected chi connectivity index (χ4v) is 5.47. The van der Waals surface area contributed by atoms with Crippen LogP contribution in [-0.2, 0) is 17.6 Å². The Hall–Kier alpha value is -2.82. The Balaban J connectivity index is 1.66. The van der Waals surface area contributed by atoms with Gasteiger partial charge in [0.05, 0.1) is 23.8 Å². The number of nitrogens with zero attached hydrogens (tertiary/aromatic N) is 3. The molecule has 1 aliphatic carbocycles. The molecule has 1 aromatic heterocycles. The van der Waals surface area contributed by atoms with Crippen molar-refractivity contribution in [2.45, 2.75) is 70.4 Å². The minimum atomic E-state index is -0.288. The molecule has 162 valence electrons. The lowest BCUT2D eigenvalue weighted by molar-refractivity contribution is 0.175. The van der Waals surface area contributed by atoms with E-state index in [-0.39, 0.29) is 12.1 Å². The zero-order chi connectivity index (χ0) is 21.4.